The first kappa shape index (κ1) is 10.4. The third-order valence-corrected chi connectivity index (χ3v) is 5.42. The van der Waals surface area contributed by atoms with Gasteiger partial charge in [0.2, 0.25) is 5.91 Å². The molecule has 0 aromatic rings. The van der Waals surface area contributed by atoms with Gasteiger partial charge < -0.3 is 9.64 Å². The van der Waals surface area contributed by atoms with Gasteiger partial charge in [0, 0.05) is 18.5 Å². The standard InChI is InChI=1S/C14H21NO2/c16-14-13-10(11-6-7-12(13)17-11)8-15(14)9-4-2-1-3-5-9/h9-13H,1-8H2. The highest BCUT2D eigenvalue weighted by atomic mass is 16.5. The molecule has 4 unspecified atom stereocenters. The van der Waals surface area contributed by atoms with E-state index in [1.807, 2.05) is 0 Å². The molecule has 3 nitrogen and oxygen atoms in total. The van der Waals surface area contributed by atoms with E-state index < -0.39 is 0 Å². The number of nitrogens with zero attached hydrogens (tertiary/aromatic N) is 1. The van der Waals surface area contributed by atoms with Gasteiger partial charge in [-0.2, -0.15) is 0 Å². The summed E-state index contributed by atoms with van der Waals surface area (Å²) in [7, 11) is 0. The maximum Gasteiger partial charge on any atom is 0.229 e. The molecule has 0 spiro atoms. The number of ether oxygens (including phenoxy) is 1. The summed E-state index contributed by atoms with van der Waals surface area (Å²) in [6, 6.07) is 0.557. The van der Waals surface area contributed by atoms with Crippen LogP contribution in [0.3, 0.4) is 0 Å². The molecule has 3 saturated heterocycles. The molecule has 1 aliphatic carbocycles. The summed E-state index contributed by atoms with van der Waals surface area (Å²) in [6.45, 7) is 0.995. The highest BCUT2D eigenvalue weighted by Gasteiger charge is 2.58. The molecule has 94 valence electrons. The van der Waals surface area contributed by atoms with Crippen LogP contribution in [0, 0.1) is 11.8 Å². The van der Waals surface area contributed by atoms with E-state index in [4.69, 9.17) is 4.74 Å². The van der Waals surface area contributed by atoms with E-state index in [1.165, 1.54) is 38.5 Å². The van der Waals surface area contributed by atoms with Gasteiger partial charge >= 0.3 is 0 Å². The Labute approximate surface area is 102 Å². The Balaban J connectivity index is 1.54. The van der Waals surface area contributed by atoms with Crippen LogP contribution in [-0.4, -0.2) is 35.6 Å². The van der Waals surface area contributed by atoms with Crippen molar-refractivity contribution in [2.75, 3.05) is 6.54 Å². The molecule has 4 rings (SSSR count). The van der Waals surface area contributed by atoms with E-state index in [2.05, 4.69) is 4.90 Å². The number of amides is 1. The fourth-order valence-electron chi connectivity index (χ4n) is 4.58. The number of carbonyl (C=O) groups excluding carboxylic acids is 1. The summed E-state index contributed by atoms with van der Waals surface area (Å²) >= 11 is 0. The lowest BCUT2D eigenvalue weighted by molar-refractivity contribution is -0.135. The Bertz CT molecular complexity index is 337. The molecule has 1 saturated carbocycles. The second kappa shape index (κ2) is 3.71. The van der Waals surface area contributed by atoms with Crippen molar-refractivity contribution in [2.45, 2.75) is 63.2 Å². The second-order valence-corrected chi connectivity index (χ2v) is 6.26. The zero-order chi connectivity index (χ0) is 11.4. The maximum absolute atomic E-state index is 12.5. The lowest BCUT2D eigenvalue weighted by Gasteiger charge is -2.32. The van der Waals surface area contributed by atoms with Crippen LogP contribution in [0.15, 0.2) is 0 Å². The monoisotopic (exact) mass is 235 g/mol. The number of carbonyl (C=O) groups is 1. The summed E-state index contributed by atoms with van der Waals surface area (Å²) < 4.78 is 5.90. The first-order chi connectivity index (χ1) is 8.34. The Morgan fingerprint density at radius 3 is 2.53 bits per heavy atom. The van der Waals surface area contributed by atoms with Crippen LogP contribution in [0.4, 0.5) is 0 Å². The van der Waals surface area contributed by atoms with E-state index in [9.17, 15) is 4.79 Å². The van der Waals surface area contributed by atoms with Crippen LogP contribution < -0.4 is 0 Å². The van der Waals surface area contributed by atoms with Gasteiger partial charge in [0.1, 0.15) is 0 Å². The minimum atomic E-state index is 0.232. The van der Waals surface area contributed by atoms with Crippen molar-refractivity contribution >= 4 is 5.91 Å². The number of fused-ring (bicyclic) bond motifs is 5. The van der Waals surface area contributed by atoms with Crippen LogP contribution in [0.1, 0.15) is 44.9 Å². The molecule has 3 aliphatic heterocycles. The van der Waals surface area contributed by atoms with Crippen LogP contribution in [-0.2, 0) is 9.53 Å². The molecule has 1 amide bonds. The third kappa shape index (κ3) is 1.41. The van der Waals surface area contributed by atoms with Crippen molar-refractivity contribution in [3.8, 4) is 0 Å². The highest BCUT2D eigenvalue weighted by Crippen LogP contribution is 2.48. The Hall–Kier alpha value is -0.570. The maximum atomic E-state index is 12.5. The van der Waals surface area contributed by atoms with Gasteiger partial charge in [0.15, 0.2) is 0 Å². The Morgan fingerprint density at radius 2 is 1.76 bits per heavy atom. The topological polar surface area (TPSA) is 29.5 Å². The minimum absolute atomic E-state index is 0.232. The molecule has 0 aromatic carbocycles. The van der Waals surface area contributed by atoms with Crippen LogP contribution in [0.5, 0.6) is 0 Å². The second-order valence-electron chi connectivity index (χ2n) is 6.26. The van der Waals surface area contributed by atoms with E-state index in [0.29, 0.717) is 24.0 Å². The molecule has 4 aliphatic rings. The van der Waals surface area contributed by atoms with Crippen LogP contribution >= 0.6 is 0 Å². The summed E-state index contributed by atoms with van der Waals surface area (Å²) in [5, 5.41) is 0. The predicted molar refractivity (Wildman–Crippen MR) is 63.5 cm³/mol. The summed E-state index contributed by atoms with van der Waals surface area (Å²) in [6.07, 6.45) is 9.45. The summed E-state index contributed by atoms with van der Waals surface area (Å²) in [5.74, 6) is 1.19. The first-order valence-corrected chi connectivity index (χ1v) is 7.30. The molecule has 17 heavy (non-hydrogen) atoms. The van der Waals surface area contributed by atoms with Crippen molar-refractivity contribution in [2.24, 2.45) is 11.8 Å². The smallest absolute Gasteiger partial charge is 0.229 e. The fourth-order valence-corrected chi connectivity index (χ4v) is 4.58. The molecule has 0 radical (unpaired) electrons. The predicted octanol–water partition coefficient (Wildman–Crippen LogP) is 1.95. The Morgan fingerprint density at radius 1 is 1.00 bits per heavy atom. The number of hydrogen-bond donors (Lipinski definition) is 0. The number of rotatable bonds is 1. The minimum Gasteiger partial charge on any atom is -0.374 e. The SMILES string of the molecule is O=C1C2C3CCC(O3)C2CN1C1CCCCC1. The largest absolute Gasteiger partial charge is 0.374 e. The number of likely N-dealkylation sites (tertiary alicyclic amines) is 1. The molecule has 3 heteroatoms. The van der Waals surface area contributed by atoms with Gasteiger partial charge in [-0.15, -0.1) is 0 Å². The lowest BCUT2D eigenvalue weighted by Crippen LogP contribution is -2.40. The number of hydrogen-bond acceptors (Lipinski definition) is 2. The van der Waals surface area contributed by atoms with Crippen molar-refractivity contribution < 1.29 is 9.53 Å². The molecule has 4 atom stereocenters. The van der Waals surface area contributed by atoms with Crippen molar-refractivity contribution in [1.82, 2.24) is 4.90 Å². The highest BCUT2D eigenvalue weighted by molar-refractivity contribution is 5.83. The van der Waals surface area contributed by atoms with Crippen molar-refractivity contribution in [3.05, 3.63) is 0 Å². The molecule has 4 fully saturated rings. The van der Waals surface area contributed by atoms with Crippen LogP contribution in [0.2, 0.25) is 0 Å². The van der Waals surface area contributed by atoms with Gasteiger partial charge in [-0.3, -0.25) is 4.79 Å². The zero-order valence-corrected chi connectivity index (χ0v) is 10.3. The van der Waals surface area contributed by atoms with Gasteiger partial charge in [0.05, 0.1) is 18.1 Å². The molecular formula is C14H21NO2. The summed E-state index contributed by atoms with van der Waals surface area (Å²) in [4.78, 5) is 14.7. The lowest BCUT2D eigenvalue weighted by atomic mass is 9.81. The average molecular weight is 235 g/mol. The van der Waals surface area contributed by atoms with Gasteiger partial charge in [-0.05, 0) is 25.7 Å². The first-order valence-electron chi connectivity index (χ1n) is 7.30. The summed E-state index contributed by atoms with van der Waals surface area (Å²) in [5.41, 5.74) is 0. The van der Waals surface area contributed by atoms with Crippen molar-refractivity contribution in [3.63, 3.8) is 0 Å². The third-order valence-electron chi connectivity index (χ3n) is 5.42. The Kier molecular flexibility index (Phi) is 2.26. The molecule has 0 N–H and O–H groups in total. The van der Waals surface area contributed by atoms with Gasteiger partial charge in [0.25, 0.3) is 0 Å². The van der Waals surface area contributed by atoms with Gasteiger partial charge in [-0.25, -0.2) is 0 Å². The molecular weight excluding hydrogens is 214 g/mol. The van der Waals surface area contributed by atoms with E-state index in [1.54, 1.807) is 0 Å². The average Bonchev–Trinajstić information content (AvgIpc) is 3.03. The van der Waals surface area contributed by atoms with E-state index in [0.717, 1.165) is 13.0 Å². The van der Waals surface area contributed by atoms with Crippen LogP contribution in [0.25, 0.3) is 0 Å². The molecule has 2 bridgehead atoms. The quantitative estimate of drug-likeness (QED) is 0.695. The molecule has 0 aromatic heterocycles. The normalized spacial score (nSPS) is 45.6. The van der Waals surface area contributed by atoms with Gasteiger partial charge in [-0.1, -0.05) is 19.3 Å². The molecule has 3 heterocycles. The van der Waals surface area contributed by atoms with E-state index >= 15 is 0 Å². The van der Waals surface area contributed by atoms with Crippen molar-refractivity contribution in [1.29, 1.82) is 0 Å². The fraction of sp³-hybridized carbons (Fsp3) is 0.929. The zero-order valence-electron chi connectivity index (χ0n) is 10.3. The van der Waals surface area contributed by atoms with E-state index in [-0.39, 0.29) is 12.0 Å².